The maximum Gasteiger partial charge on any atom is 0.160 e. The second kappa shape index (κ2) is 52.0. The largest absolute Gasteiger partial charge is 0.353 e. The summed E-state index contributed by atoms with van der Waals surface area (Å²) >= 11 is 12.0. The molecular formula is C72H144Cl2O3. The number of hydrogen-bond acceptors (Lipinski definition) is 3. The van der Waals surface area contributed by atoms with E-state index in [1.165, 1.54) is 180 Å². The Morgan fingerprint density at radius 3 is 0.675 bits per heavy atom. The van der Waals surface area contributed by atoms with Crippen molar-refractivity contribution in [2.75, 3.05) is 25.0 Å². The van der Waals surface area contributed by atoms with Crippen LogP contribution in [-0.2, 0) is 14.2 Å². The molecule has 0 rings (SSSR count). The average molecular weight is 1130 g/mol. The smallest absolute Gasteiger partial charge is 0.160 e. The average Bonchev–Trinajstić information content (AvgIpc) is 3.33. The Kier molecular flexibility index (Phi) is 52.4. The molecule has 0 aliphatic carbocycles. The van der Waals surface area contributed by atoms with Crippen LogP contribution in [0.1, 0.15) is 342 Å². The summed E-state index contributed by atoms with van der Waals surface area (Å²) in [6.45, 7) is 41.2. The van der Waals surface area contributed by atoms with Crippen molar-refractivity contribution in [2.45, 2.75) is 355 Å². The first-order valence-electron chi connectivity index (χ1n) is 34.8. The Morgan fingerprint density at radius 1 is 0.234 bits per heavy atom. The van der Waals surface area contributed by atoms with E-state index in [0.29, 0.717) is 0 Å². The third-order valence-electron chi connectivity index (χ3n) is 18.0. The van der Waals surface area contributed by atoms with E-state index in [9.17, 15) is 0 Å². The van der Waals surface area contributed by atoms with Crippen LogP contribution < -0.4 is 0 Å². The lowest BCUT2D eigenvalue weighted by Gasteiger charge is -2.27. The highest BCUT2D eigenvalue weighted by Crippen LogP contribution is 2.34. The van der Waals surface area contributed by atoms with Gasteiger partial charge in [0.2, 0.25) is 0 Å². The molecule has 16 atom stereocenters. The van der Waals surface area contributed by atoms with Crippen molar-refractivity contribution < 1.29 is 14.2 Å². The fourth-order valence-electron chi connectivity index (χ4n) is 14.9. The third-order valence-corrected chi connectivity index (χ3v) is 18.5. The Labute approximate surface area is 497 Å². The number of alkyl halides is 2. The topological polar surface area (TPSA) is 27.7 Å². The van der Waals surface area contributed by atoms with Crippen molar-refractivity contribution in [3.05, 3.63) is 0 Å². The van der Waals surface area contributed by atoms with Crippen LogP contribution in [0.5, 0.6) is 0 Å². The summed E-state index contributed by atoms with van der Waals surface area (Å²) in [7, 11) is 0. The van der Waals surface area contributed by atoms with Gasteiger partial charge in [-0.05, 0) is 224 Å². The van der Waals surface area contributed by atoms with Crippen LogP contribution in [0, 0.1) is 82.9 Å². The molecule has 0 aromatic carbocycles. The zero-order valence-electron chi connectivity index (χ0n) is 55.5. The fraction of sp³-hybridized carbons (Fsp3) is 1.00. The summed E-state index contributed by atoms with van der Waals surface area (Å²) in [5.74, 6) is 12.7. The van der Waals surface area contributed by atoms with Crippen molar-refractivity contribution >= 4 is 23.2 Å². The van der Waals surface area contributed by atoms with Gasteiger partial charge in [0.1, 0.15) is 0 Å². The first-order valence-corrected chi connectivity index (χ1v) is 35.9. The summed E-state index contributed by atoms with van der Waals surface area (Å²) in [6.07, 6.45) is 45.8. The molecule has 0 fully saturated rings. The van der Waals surface area contributed by atoms with Gasteiger partial charge >= 0.3 is 0 Å². The molecule has 0 aromatic heterocycles. The quantitative estimate of drug-likeness (QED) is 0.0345. The normalized spacial score (nSPS) is 18.6. The van der Waals surface area contributed by atoms with Gasteiger partial charge in [-0.3, -0.25) is 0 Å². The van der Waals surface area contributed by atoms with Gasteiger partial charge in [-0.1, -0.05) is 201 Å². The molecular weight excluding hydrogens is 984 g/mol. The van der Waals surface area contributed by atoms with Crippen LogP contribution in [0.2, 0.25) is 0 Å². The molecule has 0 heterocycles. The summed E-state index contributed by atoms with van der Waals surface area (Å²) in [5.41, 5.74) is 0. The molecule has 0 aliphatic heterocycles. The molecule has 0 aromatic rings. The predicted molar refractivity (Wildman–Crippen MR) is 348 cm³/mol. The Morgan fingerprint density at radius 2 is 0.442 bits per heavy atom. The monoisotopic (exact) mass is 1130 g/mol. The minimum absolute atomic E-state index is 0.174. The first-order chi connectivity index (χ1) is 36.8. The molecule has 0 bridgehead atoms. The fourth-order valence-corrected chi connectivity index (χ4v) is 15.2. The van der Waals surface area contributed by atoms with E-state index in [2.05, 4.69) is 111 Å². The van der Waals surface area contributed by atoms with Crippen LogP contribution in [0.15, 0.2) is 0 Å². The number of rotatable bonds is 58. The van der Waals surface area contributed by atoms with E-state index in [0.717, 1.165) is 159 Å². The van der Waals surface area contributed by atoms with E-state index in [1.54, 1.807) is 0 Å². The molecule has 16 unspecified atom stereocenters. The molecule has 77 heavy (non-hydrogen) atoms. The standard InChI is InChI=1S/C72H144Cl2O3/c1-17-19-21-23-25-27-29-43-75-71(39-31-35-57(3)45-61(7)49-65(11)53-69(15)55-67(13)51-63(9)47-59(5)37-33-41-73)77-72(76-44-30-28-26-24-22-20-18-2)40-32-36-58(4)46-62(8)50-66(12)54-70(16)56-68(14)52-64(10)48-60(6)38-34-42-74/h57-72H,17-56H2,1-16H3. The molecule has 0 aliphatic rings. The lowest BCUT2D eigenvalue weighted by molar-refractivity contribution is -0.250. The van der Waals surface area contributed by atoms with E-state index in [-0.39, 0.29) is 12.6 Å². The minimum Gasteiger partial charge on any atom is -0.353 e. The maximum atomic E-state index is 6.98. The van der Waals surface area contributed by atoms with Crippen molar-refractivity contribution in [3.8, 4) is 0 Å². The second-order valence-electron chi connectivity index (χ2n) is 28.8. The SMILES string of the molecule is CCCCCCCCCOC(CCCC(C)CC(C)CC(C)CC(C)CC(C)CC(C)CC(C)CCCCl)OC(CCCC(C)CC(C)CC(C)CC(C)CC(C)CC(C)CC(C)CCCCl)OCCCCCCCCC. The van der Waals surface area contributed by atoms with Gasteiger partial charge in [0.15, 0.2) is 12.6 Å². The summed E-state index contributed by atoms with van der Waals surface area (Å²) in [6, 6.07) is 0. The van der Waals surface area contributed by atoms with Crippen LogP contribution in [0.4, 0.5) is 0 Å². The van der Waals surface area contributed by atoms with Gasteiger partial charge < -0.3 is 14.2 Å². The Balaban J connectivity index is 5.39. The van der Waals surface area contributed by atoms with Crippen molar-refractivity contribution in [3.63, 3.8) is 0 Å². The molecule has 0 radical (unpaired) electrons. The van der Waals surface area contributed by atoms with Crippen LogP contribution in [0.25, 0.3) is 0 Å². The highest BCUT2D eigenvalue weighted by molar-refractivity contribution is 6.18. The van der Waals surface area contributed by atoms with E-state index >= 15 is 0 Å². The molecule has 464 valence electrons. The minimum atomic E-state index is -0.174. The lowest BCUT2D eigenvalue weighted by Crippen LogP contribution is -2.28. The highest BCUT2D eigenvalue weighted by Gasteiger charge is 2.23. The van der Waals surface area contributed by atoms with E-state index in [1.807, 2.05) is 0 Å². The summed E-state index contributed by atoms with van der Waals surface area (Å²) < 4.78 is 20.4. The molecule has 5 heteroatoms. The zero-order valence-corrected chi connectivity index (χ0v) is 57.0. The maximum absolute atomic E-state index is 6.98. The number of ether oxygens (including phenoxy) is 3. The Bertz CT molecular complexity index is 1130. The van der Waals surface area contributed by atoms with Gasteiger partial charge in [0, 0.05) is 25.0 Å². The van der Waals surface area contributed by atoms with Crippen LogP contribution >= 0.6 is 23.2 Å². The van der Waals surface area contributed by atoms with Gasteiger partial charge in [-0.15, -0.1) is 23.2 Å². The Hall–Kier alpha value is 0.460. The number of hydrogen-bond donors (Lipinski definition) is 0. The van der Waals surface area contributed by atoms with Crippen LogP contribution in [0.3, 0.4) is 0 Å². The zero-order chi connectivity index (χ0) is 57.6. The number of unbranched alkanes of at least 4 members (excludes halogenated alkanes) is 12. The molecule has 3 nitrogen and oxygen atoms in total. The first kappa shape index (κ1) is 77.5. The van der Waals surface area contributed by atoms with Crippen molar-refractivity contribution in [1.29, 1.82) is 0 Å². The molecule has 0 spiro atoms. The van der Waals surface area contributed by atoms with Gasteiger partial charge in [0.25, 0.3) is 0 Å². The van der Waals surface area contributed by atoms with Crippen LogP contribution in [-0.4, -0.2) is 37.6 Å². The summed E-state index contributed by atoms with van der Waals surface area (Å²) in [5, 5.41) is 0. The van der Waals surface area contributed by atoms with Crippen molar-refractivity contribution in [1.82, 2.24) is 0 Å². The highest BCUT2D eigenvalue weighted by atomic mass is 35.5. The van der Waals surface area contributed by atoms with Gasteiger partial charge in [-0.25, -0.2) is 0 Å². The van der Waals surface area contributed by atoms with Crippen molar-refractivity contribution in [2.24, 2.45) is 82.9 Å². The molecule has 0 saturated carbocycles. The van der Waals surface area contributed by atoms with E-state index in [4.69, 9.17) is 37.4 Å². The second-order valence-corrected chi connectivity index (χ2v) is 29.6. The lowest BCUT2D eigenvalue weighted by atomic mass is 9.80. The molecule has 0 amide bonds. The predicted octanol–water partition coefficient (Wildman–Crippen LogP) is 25.2. The molecule has 0 saturated heterocycles. The summed E-state index contributed by atoms with van der Waals surface area (Å²) in [4.78, 5) is 0. The van der Waals surface area contributed by atoms with E-state index < -0.39 is 0 Å². The van der Waals surface area contributed by atoms with Gasteiger partial charge in [0.05, 0.1) is 0 Å². The third kappa shape index (κ3) is 49.6. The van der Waals surface area contributed by atoms with Gasteiger partial charge in [-0.2, -0.15) is 0 Å². The molecule has 0 N–H and O–H groups in total. The number of halogens is 2.